The summed E-state index contributed by atoms with van der Waals surface area (Å²) >= 11 is 0. The van der Waals surface area contributed by atoms with Crippen LogP contribution in [-0.4, -0.2) is 28.4 Å². The summed E-state index contributed by atoms with van der Waals surface area (Å²) in [5.41, 5.74) is 0.431. The molecule has 4 rings (SSSR count). The van der Waals surface area contributed by atoms with Gasteiger partial charge in [0.25, 0.3) is 0 Å². The molecule has 0 bridgehead atoms. The Morgan fingerprint density at radius 2 is 1.77 bits per heavy atom. The summed E-state index contributed by atoms with van der Waals surface area (Å²) in [5, 5.41) is 12.1. The van der Waals surface area contributed by atoms with Crippen molar-refractivity contribution in [2.45, 2.75) is 5.75 Å². The maximum absolute atomic E-state index is 13.7. The zero-order valence-electron chi connectivity index (χ0n) is 15.5. The molecule has 2 heterocycles. The lowest BCUT2D eigenvalue weighted by Crippen LogP contribution is -2.15. The molecule has 0 aliphatic rings. The Hall–Kier alpha value is -3.79. The molecule has 10 heteroatoms. The number of sulfonamides is 1. The fourth-order valence-electron chi connectivity index (χ4n) is 2.64. The van der Waals surface area contributed by atoms with Crippen molar-refractivity contribution >= 4 is 15.7 Å². The molecule has 4 aromatic rings. The van der Waals surface area contributed by atoms with Crippen molar-refractivity contribution in [3.8, 4) is 17.4 Å². The highest BCUT2D eigenvalue weighted by molar-refractivity contribution is 7.91. The molecule has 1 N–H and O–H groups in total. The normalized spacial score (nSPS) is 11.2. The largest absolute Gasteiger partial charge is 0.438 e. The summed E-state index contributed by atoms with van der Waals surface area (Å²) < 4.78 is 47.9. The van der Waals surface area contributed by atoms with E-state index >= 15 is 0 Å². The van der Waals surface area contributed by atoms with Gasteiger partial charge in [0.2, 0.25) is 15.9 Å². The number of anilines is 1. The number of ether oxygens (including phenoxy) is 1. The predicted molar refractivity (Wildman–Crippen MR) is 108 cm³/mol. The molecular weight excluding hydrogens is 409 g/mol. The van der Waals surface area contributed by atoms with E-state index in [0.717, 1.165) is 0 Å². The second-order valence-electron chi connectivity index (χ2n) is 6.26. The first-order valence-corrected chi connectivity index (χ1v) is 10.5. The Labute approximate surface area is 172 Å². The summed E-state index contributed by atoms with van der Waals surface area (Å²) in [7, 11) is -3.77. The van der Waals surface area contributed by atoms with E-state index in [1.807, 2.05) is 0 Å². The van der Waals surface area contributed by atoms with Gasteiger partial charge in [0.1, 0.15) is 11.6 Å². The van der Waals surface area contributed by atoms with Crippen LogP contribution in [0.1, 0.15) is 5.56 Å². The van der Waals surface area contributed by atoms with Crippen molar-refractivity contribution in [1.29, 1.82) is 0 Å². The first-order chi connectivity index (χ1) is 14.5. The Morgan fingerprint density at radius 3 is 2.43 bits per heavy atom. The van der Waals surface area contributed by atoms with Gasteiger partial charge in [-0.15, -0.1) is 10.2 Å². The van der Waals surface area contributed by atoms with Crippen LogP contribution in [0.3, 0.4) is 0 Å². The number of aromatic nitrogens is 4. The molecule has 0 spiro atoms. The molecule has 0 amide bonds. The fraction of sp³-hybridized carbons (Fsp3) is 0.0500. The van der Waals surface area contributed by atoms with Gasteiger partial charge in [-0.3, -0.25) is 4.72 Å². The quantitative estimate of drug-likeness (QED) is 0.486. The van der Waals surface area contributed by atoms with Gasteiger partial charge in [-0.25, -0.2) is 17.5 Å². The summed E-state index contributed by atoms with van der Waals surface area (Å²) in [6.45, 7) is 0. The van der Waals surface area contributed by atoms with Crippen LogP contribution < -0.4 is 9.46 Å². The molecule has 0 saturated heterocycles. The van der Waals surface area contributed by atoms with Crippen LogP contribution in [0.5, 0.6) is 11.6 Å². The lowest BCUT2D eigenvalue weighted by atomic mass is 10.2. The van der Waals surface area contributed by atoms with E-state index in [1.54, 1.807) is 65.6 Å². The minimum atomic E-state index is -3.77. The maximum atomic E-state index is 13.7. The SMILES string of the molecule is O=S(=O)(Cc1ccccc1F)Nc1ccc(Oc2ccc(-n3cccn3)nn2)cc1. The Morgan fingerprint density at radius 1 is 0.967 bits per heavy atom. The summed E-state index contributed by atoms with van der Waals surface area (Å²) in [6.07, 6.45) is 3.38. The minimum Gasteiger partial charge on any atom is -0.438 e. The molecule has 2 aromatic carbocycles. The number of rotatable bonds is 7. The summed E-state index contributed by atoms with van der Waals surface area (Å²) in [4.78, 5) is 0. The van der Waals surface area contributed by atoms with E-state index in [-0.39, 0.29) is 11.4 Å². The first kappa shape index (κ1) is 19.5. The van der Waals surface area contributed by atoms with Gasteiger partial charge < -0.3 is 4.74 Å². The topological polar surface area (TPSA) is 99.0 Å². The monoisotopic (exact) mass is 425 g/mol. The van der Waals surface area contributed by atoms with E-state index in [0.29, 0.717) is 17.3 Å². The maximum Gasteiger partial charge on any atom is 0.238 e. The van der Waals surface area contributed by atoms with Crippen molar-refractivity contribution in [2.75, 3.05) is 4.72 Å². The molecule has 8 nitrogen and oxygen atoms in total. The van der Waals surface area contributed by atoms with Crippen molar-refractivity contribution in [3.05, 3.63) is 90.5 Å². The average molecular weight is 425 g/mol. The van der Waals surface area contributed by atoms with Gasteiger partial charge in [-0.05, 0) is 42.5 Å². The molecule has 0 fully saturated rings. The van der Waals surface area contributed by atoms with E-state index in [2.05, 4.69) is 20.0 Å². The van der Waals surface area contributed by atoms with Crippen LogP contribution >= 0.6 is 0 Å². The number of benzene rings is 2. The lowest BCUT2D eigenvalue weighted by Gasteiger charge is -2.10. The highest BCUT2D eigenvalue weighted by Crippen LogP contribution is 2.22. The molecule has 2 aromatic heterocycles. The van der Waals surface area contributed by atoms with Crippen LogP contribution in [0.4, 0.5) is 10.1 Å². The molecule has 0 atom stereocenters. The number of nitrogens with one attached hydrogen (secondary N) is 1. The van der Waals surface area contributed by atoms with Gasteiger partial charge in [-0.2, -0.15) is 5.10 Å². The Kier molecular flexibility index (Phi) is 5.40. The highest BCUT2D eigenvalue weighted by Gasteiger charge is 2.14. The Balaban J connectivity index is 1.39. The minimum absolute atomic E-state index is 0.0992. The second kappa shape index (κ2) is 8.29. The standard InChI is InChI=1S/C20H16FN5O3S/c21-18-5-2-1-4-15(18)14-30(27,28)25-16-6-8-17(9-7-16)29-20-11-10-19(23-24-20)26-13-3-12-22-26/h1-13,25H,14H2. The van der Waals surface area contributed by atoms with E-state index in [4.69, 9.17) is 4.74 Å². The number of hydrogen-bond donors (Lipinski definition) is 1. The smallest absolute Gasteiger partial charge is 0.238 e. The van der Waals surface area contributed by atoms with Crippen molar-refractivity contribution in [2.24, 2.45) is 0 Å². The molecule has 0 aliphatic carbocycles. The van der Waals surface area contributed by atoms with Crippen LogP contribution in [0.2, 0.25) is 0 Å². The average Bonchev–Trinajstić information content (AvgIpc) is 3.26. The fourth-order valence-corrected chi connectivity index (χ4v) is 3.85. The van der Waals surface area contributed by atoms with E-state index in [1.165, 1.54) is 18.2 Å². The Bertz CT molecular complexity index is 1230. The first-order valence-electron chi connectivity index (χ1n) is 8.84. The molecule has 0 unspecified atom stereocenters. The van der Waals surface area contributed by atoms with Crippen LogP contribution in [0.15, 0.2) is 79.1 Å². The number of nitrogens with zero attached hydrogens (tertiary/aromatic N) is 4. The third kappa shape index (κ3) is 4.78. The third-order valence-corrected chi connectivity index (χ3v) is 5.26. The zero-order chi connectivity index (χ0) is 21.0. The molecule has 0 radical (unpaired) electrons. The lowest BCUT2D eigenvalue weighted by molar-refractivity contribution is 0.454. The van der Waals surface area contributed by atoms with E-state index in [9.17, 15) is 12.8 Å². The summed E-state index contributed by atoms with van der Waals surface area (Å²) in [5.74, 6) is 0.251. The van der Waals surface area contributed by atoms with Gasteiger partial charge >= 0.3 is 0 Å². The van der Waals surface area contributed by atoms with Gasteiger partial charge in [0, 0.05) is 29.7 Å². The van der Waals surface area contributed by atoms with Crippen molar-refractivity contribution in [1.82, 2.24) is 20.0 Å². The molecule has 0 aliphatic heterocycles. The van der Waals surface area contributed by atoms with Gasteiger partial charge in [0.15, 0.2) is 5.82 Å². The van der Waals surface area contributed by atoms with E-state index < -0.39 is 21.6 Å². The highest BCUT2D eigenvalue weighted by atomic mass is 32.2. The van der Waals surface area contributed by atoms with Crippen LogP contribution in [-0.2, 0) is 15.8 Å². The molecule has 30 heavy (non-hydrogen) atoms. The van der Waals surface area contributed by atoms with Crippen LogP contribution in [0, 0.1) is 5.82 Å². The molecule has 152 valence electrons. The molecular formula is C20H16FN5O3S. The van der Waals surface area contributed by atoms with Crippen molar-refractivity contribution in [3.63, 3.8) is 0 Å². The number of halogens is 1. The number of hydrogen-bond acceptors (Lipinski definition) is 6. The van der Waals surface area contributed by atoms with Gasteiger partial charge in [-0.1, -0.05) is 18.2 Å². The second-order valence-corrected chi connectivity index (χ2v) is 7.98. The van der Waals surface area contributed by atoms with Crippen LogP contribution in [0.25, 0.3) is 5.82 Å². The van der Waals surface area contributed by atoms with Gasteiger partial charge in [0.05, 0.1) is 5.75 Å². The van der Waals surface area contributed by atoms with Crippen molar-refractivity contribution < 1.29 is 17.5 Å². The summed E-state index contributed by atoms with van der Waals surface area (Å²) in [6, 6.07) is 17.1. The third-order valence-electron chi connectivity index (χ3n) is 4.02. The predicted octanol–water partition coefficient (Wildman–Crippen LogP) is 3.54. The zero-order valence-corrected chi connectivity index (χ0v) is 16.3. The molecule has 0 saturated carbocycles.